The summed E-state index contributed by atoms with van der Waals surface area (Å²) in [7, 11) is 1.66. The molecule has 1 aromatic heterocycles. The predicted molar refractivity (Wildman–Crippen MR) is 107 cm³/mol. The van der Waals surface area contributed by atoms with E-state index in [0.717, 1.165) is 24.9 Å². The molecule has 6 nitrogen and oxygen atoms in total. The summed E-state index contributed by atoms with van der Waals surface area (Å²) >= 11 is 0. The molecule has 1 fully saturated rings. The first-order valence-corrected chi connectivity index (χ1v) is 9.48. The second-order valence-corrected chi connectivity index (χ2v) is 7.48. The van der Waals surface area contributed by atoms with Crippen LogP contribution in [0.3, 0.4) is 0 Å². The van der Waals surface area contributed by atoms with Crippen LogP contribution in [0, 0.1) is 5.92 Å². The third-order valence-corrected chi connectivity index (χ3v) is 5.44. The van der Waals surface area contributed by atoms with E-state index in [-0.39, 0.29) is 18.1 Å². The standard InChI is InChI=1S/C22H23N3O3/c1-24-14-23-20-11-18(5-6-19(20)22(24)28)21(27)25-8-7-16(12-25)9-15-3-2-4-17(10-15)13-26/h2-6,10-11,14,16,26H,7-9,12-13H2,1H3. The molecule has 0 spiro atoms. The Balaban J connectivity index is 1.48. The molecule has 0 aliphatic carbocycles. The lowest BCUT2D eigenvalue weighted by atomic mass is 9.97. The number of fused-ring (bicyclic) bond motifs is 1. The van der Waals surface area contributed by atoms with Gasteiger partial charge in [0.05, 0.1) is 23.8 Å². The average molecular weight is 377 g/mol. The number of aliphatic hydroxyl groups excluding tert-OH is 1. The maximum absolute atomic E-state index is 12.9. The fourth-order valence-corrected chi connectivity index (χ4v) is 3.90. The zero-order valence-corrected chi connectivity index (χ0v) is 15.8. The molecule has 2 aromatic carbocycles. The van der Waals surface area contributed by atoms with Crippen molar-refractivity contribution in [3.05, 3.63) is 75.8 Å². The molecule has 1 atom stereocenters. The molecule has 6 heteroatoms. The van der Waals surface area contributed by atoms with Crippen LogP contribution in [0.2, 0.25) is 0 Å². The number of benzene rings is 2. The number of carbonyl (C=O) groups is 1. The van der Waals surface area contributed by atoms with Gasteiger partial charge in [0.25, 0.3) is 11.5 Å². The van der Waals surface area contributed by atoms with E-state index in [4.69, 9.17) is 0 Å². The first-order chi connectivity index (χ1) is 13.5. The van der Waals surface area contributed by atoms with Gasteiger partial charge >= 0.3 is 0 Å². The van der Waals surface area contributed by atoms with Crippen molar-refractivity contribution in [3.8, 4) is 0 Å². The van der Waals surface area contributed by atoms with Crippen LogP contribution in [0.5, 0.6) is 0 Å². The van der Waals surface area contributed by atoms with Gasteiger partial charge in [-0.25, -0.2) is 4.98 Å². The average Bonchev–Trinajstić information content (AvgIpc) is 3.18. The predicted octanol–water partition coefficient (Wildman–Crippen LogP) is 2.13. The lowest BCUT2D eigenvalue weighted by molar-refractivity contribution is 0.0787. The molecule has 1 aliphatic heterocycles. The number of aliphatic hydroxyl groups is 1. The summed E-state index contributed by atoms with van der Waals surface area (Å²) in [5.74, 6) is 0.389. The molecule has 28 heavy (non-hydrogen) atoms. The Kier molecular flexibility index (Phi) is 4.96. The van der Waals surface area contributed by atoms with Crippen molar-refractivity contribution >= 4 is 16.8 Å². The van der Waals surface area contributed by atoms with Crippen molar-refractivity contribution < 1.29 is 9.90 Å². The van der Waals surface area contributed by atoms with Crippen molar-refractivity contribution in [2.75, 3.05) is 13.1 Å². The van der Waals surface area contributed by atoms with Gasteiger partial charge in [-0.05, 0) is 48.1 Å². The molecule has 1 unspecified atom stereocenters. The van der Waals surface area contributed by atoms with E-state index in [0.29, 0.717) is 28.9 Å². The molecule has 0 saturated carbocycles. The Morgan fingerprint density at radius 3 is 2.86 bits per heavy atom. The summed E-state index contributed by atoms with van der Waals surface area (Å²) in [6, 6.07) is 13.1. The number of aromatic nitrogens is 2. The molecule has 1 aliphatic rings. The summed E-state index contributed by atoms with van der Waals surface area (Å²) in [4.78, 5) is 31.2. The SMILES string of the molecule is Cn1cnc2cc(C(=O)N3CCC(Cc4cccc(CO)c4)C3)ccc2c1=O. The van der Waals surface area contributed by atoms with Crippen molar-refractivity contribution in [1.29, 1.82) is 0 Å². The first-order valence-electron chi connectivity index (χ1n) is 9.48. The minimum Gasteiger partial charge on any atom is -0.392 e. The second-order valence-electron chi connectivity index (χ2n) is 7.48. The molecule has 1 N–H and O–H groups in total. The van der Waals surface area contributed by atoms with Crippen molar-refractivity contribution in [1.82, 2.24) is 14.5 Å². The summed E-state index contributed by atoms with van der Waals surface area (Å²) in [5.41, 5.74) is 3.10. The monoisotopic (exact) mass is 377 g/mol. The number of likely N-dealkylation sites (tertiary alicyclic amines) is 1. The minimum atomic E-state index is -0.115. The topological polar surface area (TPSA) is 75.4 Å². The van der Waals surface area contributed by atoms with Gasteiger partial charge in [0, 0.05) is 25.7 Å². The molecule has 0 radical (unpaired) electrons. The zero-order valence-electron chi connectivity index (χ0n) is 15.8. The quantitative estimate of drug-likeness (QED) is 0.756. The Bertz CT molecular complexity index is 1090. The maximum atomic E-state index is 12.9. The molecule has 1 amide bonds. The maximum Gasteiger partial charge on any atom is 0.260 e. The van der Waals surface area contributed by atoms with E-state index in [2.05, 4.69) is 11.1 Å². The Morgan fingerprint density at radius 1 is 1.21 bits per heavy atom. The van der Waals surface area contributed by atoms with Crippen LogP contribution in [-0.2, 0) is 20.1 Å². The molecule has 1 saturated heterocycles. The van der Waals surface area contributed by atoms with Gasteiger partial charge in [-0.2, -0.15) is 0 Å². The van der Waals surface area contributed by atoms with Gasteiger partial charge in [0.1, 0.15) is 0 Å². The highest BCUT2D eigenvalue weighted by molar-refractivity contribution is 5.97. The third kappa shape index (κ3) is 3.55. The summed E-state index contributed by atoms with van der Waals surface area (Å²) in [5, 5.41) is 9.81. The zero-order chi connectivity index (χ0) is 19.7. The summed E-state index contributed by atoms with van der Waals surface area (Å²) < 4.78 is 1.43. The lowest BCUT2D eigenvalue weighted by Crippen LogP contribution is -2.29. The second kappa shape index (κ2) is 7.56. The molecular formula is C22H23N3O3. The van der Waals surface area contributed by atoms with Gasteiger partial charge < -0.3 is 14.6 Å². The van der Waals surface area contributed by atoms with Crippen LogP contribution in [0.15, 0.2) is 53.6 Å². The van der Waals surface area contributed by atoms with Crippen LogP contribution in [0.25, 0.3) is 10.9 Å². The highest BCUT2D eigenvalue weighted by Crippen LogP contribution is 2.23. The fourth-order valence-electron chi connectivity index (χ4n) is 3.90. The van der Waals surface area contributed by atoms with Gasteiger partial charge in [-0.3, -0.25) is 9.59 Å². The lowest BCUT2D eigenvalue weighted by Gasteiger charge is -2.17. The number of hydrogen-bond donors (Lipinski definition) is 1. The van der Waals surface area contributed by atoms with Crippen LogP contribution in [0.1, 0.15) is 27.9 Å². The number of hydrogen-bond acceptors (Lipinski definition) is 4. The smallest absolute Gasteiger partial charge is 0.260 e. The van der Waals surface area contributed by atoms with Crippen molar-refractivity contribution in [3.63, 3.8) is 0 Å². The van der Waals surface area contributed by atoms with Gasteiger partial charge in [0.15, 0.2) is 0 Å². The molecule has 144 valence electrons. The largest absolute Gasteiger partial charge is 0.392 e. The van der Waals surface area contributed by atoms with Gasteiger partial charge in [-0.1, -0.05) is 24.3 Å². The van der Waals surface area contributed by atoms with E-state index in [1.807, 2.05) is 23.1 Å². The van der Waals surface area contributed by atoms with E-state index < -0.39 is 0 Å². The number of aryl methyl sites for hydroxylation is 1. The molecular weight excluding hydrogens is 354 g/mol. The van der Waals surface area contributed by atoms with Crippen molar-refractivity contribution in [2.45, 2.75) is 19.4 Å². The Morgan fingerprint density at radius 2 is 2.04 bits per heavy atom. The van der Waals surface area contributed by atoms with Crippen LogP contribution >= 0.6 is 0 Å². The highest BCUT2D eigenvalue weighted by atomic mass is 16.3. The number of amides is 1. The first kappa shape index (κ1) is 18.4. The summed E-state index contributed by atoms with van der Waals surface area (Å²) in [6.07, 6.45) is 3.33. The van der Waals surface area contributed by atoms with E-state index in [9.17, 15) is 14.7 Å². The molecule has 2 heterocycles. The van der Waals surface area contributed by atoms with Gasteiger partial charge in [0.2, 0.25) is 0 Å². The fraction of sp³-hybridized carbons (Fsp3) is 0.318. The molecule has 3 aromatic rings. The van der Waals surface area contributed by atoms with Crippen LogP contribution in [-0.4, -0.2) is 38.6 Å². The number of nitrogens with zero attached hydrogens (tertiary/aromatic N) is 3. The molecule has 4 rings (SSSR count). The van der Waals surface area contributed by atoms with E-state index in [1.54, 1.807) is 25.2 Å². The van der Waals surface area contributed by atoms with Gasteiger partial charge in [-0.15, -0.1) is 0 Å². The highest BCUT2D eigenvalue weighted by Gasteiger charge is 2.27. The Labute approximate surface area is 163 Å². The minimum absolute atomic E-state index is 0.0176. The third-order valence-electron chi connectivity index (χ3n) is 5.44. The van der Waals surface area contributed by atoms with Crippen LogP contribution < -0.4 is 5.56 Å². The summed E-state index contributed by atoms with van der Waals surface area (Å²) in [6.45, 7) is 1.48. The van der Waals surface area contributed by atoms with E-state index in [1.165, 1.54) is 16.5 Å². The van der Waals surface area contributed by atoms with Crippen LogP contribution in [0.4, 0.5) is 0 Å². The molecule has 0 bridgehead atoms. The Hall–Kier alpha value is -2.99. The van der Waals surface area contributed by atoms with E-state index >= 15 is 0 Å². The number of carbonyl (C=O) groups excluding carboxylic acids is 1. The normalized spacial score (nSPS) is 16.6. The van der Waals surface area contributed by atoms with Crippen molar-refractivity contribution in [2.24, 2.45) is 13.0 Å². The number of rotatable bonds is 4.